The molecule has 38 heavy (non-hydrogen) atoms. The maximum atomic E-state index is 14.5. The van der Waals surface area contributed by atoms with Crippen molar-refractivity contribution in [2.75, 3.05) is 18.0 Å². The summed E-state index contributed by atoms with van der Waals surface area (Å²) in [7, 11) is 0. The number of ketones is 1. The molecule has 8 nitrogen and oxygen atoms in total. The smallest absolute Gasteiger partial charge is 0.185 e. The molecule has 4 aromatic rings. The van der Waals surface area contributed by atoms with E-state index in [4.69, 9.17) is 5.73 Å². The van der Waals surface area contributed by atoms with Gasteiger partial charge in [0.25, 0.3) is 0 Å². The van der Waals surface area contributed by atoms with Gasteiger partial charge < -0.3 is 10.6 Å². The van der Waals surface area contributed by atoms with E-state index in [1.165, 1.54) is 12.1 Å². The van der Waals surface area contributed by atoms with Crippen LogP contribution < -0.4 is 10.6 Å². The van der Waals surface area contributed by atoms with Crippen molar-refractivity contribution in [3.63, 3.8) is 0 Å². The van der Waals surface area contributed by atoms with Gasteiger partial charge in [0.15, 0.2) is 5.78 Å². The largest absolute Gasteiger partial charge is 0.369 e. The molecular formula is C27H26F3N7O. The molecule has 0 unspecified atom stereocenters. The lowest BCUT2D eigenvalue weighted by atomic mass is 9.89. The molecule has 3 aromatic heterocycles. The number of nitrogens with two attached hydrogens (primary N) is 1. The molecule has 2 N–H and O–H groups in total. The molecule has 1 aliphatic rings. The molecule has 4 heterocycles. The maximum Gasteiger partial charge on any atom is 0.185 e. The molecule has 1 aromatic carbocycles. The Morgan fingerprint density at radius 2 is 1.84 bits per heavy atom. The van der Waals surface area contributed by atoms with E-state index < -0.39 is 34.5 Å². The molecule has 0 amide bonds. The summed E-state index contributed by atoms with van der Waals surface area (Å²) in [5, 5.41) is 8.29. The van der Waals surface area contributed by atoms with Crippen LogP contribution in [0, 0.1) is 30.3 Å². The fraction of sp³-hybridized carbons (Fsp3) is 0.296. The molecular weight excluding hydrogens is 495 g/mol. The lowest BCUT2D eigenvalue weighted by Crippen LogP contribution is -2.53. The molecule has 0 saturated carbocycles. The third-order valence-corrected chi connectivity index (χ3v) is 6.79. The van der Waals surface area contributed by atoms with Crippen molar-refractivity contribution >= 4 is 11.5 Å². The van der Waals surface area contributed by atoms with E-state index in [0.717, 1.165) is 29.6 Å². The molecule has 0 aliphatic carbocycles. The highest BCUT2D eigenvalue weighted by Gasteiger charge is 2.35. The number of Topliss-reactive ketones (excluding diaryl/α,β-unsaturated/α-hetero) is 1. The molecule has 196 valence electrons. The first-order valence-corrected chi connectivity index (χ1v) is 12.2. The number of hydrogen-bond donors (Lipinski definition) is 1. The third-order valence-electron chi connectivity index (χ3n) is 6.79. The van der Waals surface area contributed by atoms with Gasteiger partial charge in [0.2, 0.25) is 0 Å². The van der Waals surface area contributed by atoms with Gasteiger partial charge in [-0.2, -0.15) is 0 Å². The number of pyridine rings is 2. The van der Waals surface area contributed by atoms with Crippen LogP contribution >= 0.6 is 0 Å². The van der Waals surface area contributed by atoms with E-state index in [-0.39, 0.29) is 30.1 Å². The molecule has 1 saturated heterocycles. The zero-order valence-corrected chi connectivity index (χ0v) is 20.9. The Kier molecular flexibility index (Phi) is 6.94. The minimum Gasteiger partial charge on any atom is -0.369 e. The quantitative estimate of drug-likeness (QED) is 0.384. The summed E-state index contributed by atoms with van der Waals surface area (Å²) < 4.78 is 44.9. The molecule has 3 atom stereocenters. The standard InChI is InChI=1S/C27H26F3N7O/c1-15-12-36(14-21(31)27(15)37-13-16(2)34-35-37)23-8-9-32-11-17(23)10-24(38)22-7-6-20(30)26(33-22)25-18(28)4-3-5-19(25)29/h3-9,11,13,15,21,27H,10,12,14,31H2,1-2H3/t15-,21+,27-/m0/s1. The van der Waals surface area contributed by atoms with Gasteiger partial charge in [-0.1, -0.05) is 18.2 Å². The SMILES string of the molecule is Cc1cn([C@@H]2[C@H](N)CN(c3ccncc3CC(=O)c3ccc(F)c(-c4c(F)cccc4F)n3)C[C@@H]2C)nn1. The molecule has 0 bridgehead atoms. The van der Waals surface area contributed by atoms with Crippen LogP contribution in [0.2, 0.25) is 0 Å². The van der Waals surface area contributed by atoms with Crippen molar-refractivity contribution in [3.05, 3.63) is 89.4 Å². The highest BCUT2D eigenvalue weighted by molar-refractivity contribution is 5.97. The normalized spacial score (nSPS) is 19.5. The summed E-state index contributed by atoms with van der Waals surface area (Å²) >= 11 is 0. The van der Waals surface area contributed by atoms with Crippen molar-refractivity contribution in [2.45, 2.75) is 32.4 Å². The highest BCUT2D eigenvalue weighted by Crippen LogP contribution is 2.32. The minimum absolute atomic E-state index is 0.0278. The van der Waals surface area contributed by atoms with Crippen LogP contribution in [0.5, 0.6) is 0 Å². The Hall–Kier alpha value is -4.12. The van der Waals surface area contributed by atoms with Crippen molar-refractivity contribution in [1.29, 1.82) is 0 Å². The Morgan fingerprint density at radius 1 is 1.08 bits per heavy atom. The number of benzene rings is 1. The molecule has 1 fully saturated rings. The summed E-state index contributed by atoms with van der Waals surface area (Å²) in [6.45, 7) is 5.14. The average Bonchev–Trinajstić information content (AvgIpc) is 3.30. The number of piperidine rings is 1. The monoisotopic (exact) mass is 521 g/mol. The number of carbonyl (C=O) groups excluding carboxylic acids is 1. The summed E-state index contributed by atoms with van der Waals surface area (Å²) in [6.07, 6.45) is 5.02. The number of anilines is 1. The molecule has 0 radical (unpaired) electrons. The third kappa shape index (κ3) is 4.89. The molecule has 1 aliphatic heterocycles. The predicted octanol–water partition coefficient (Wildman–Crippen LogP) is 3.91. The van der Waals surface area contributed by atoms with Crippen molar-refractivity contribution in [2.24, 2.45) is 11.7 Å². The van der Waals surface area contributed by atoms with Crippen LogP contribution in [-0.4, -0.2) is 49.9 Å². The van der Waals surface area contributed by atoms with Crippen LogP contribution in [0.15, 0.2) is 55.0 Å². The first-order chi connectivity index (χ1) is 18.2. The maximum absolute atomic E-state index is 14.5. The molecule has 0 spiro atoms. The van der Waals surface area contributed by atoms with Gasteiger partial charge in [-0.15, -0.1) is 5.10 Å². The molecule has 5 rings (SSSR count). The van der Waals surface area contributed by atoms with E-state index in [1.807, 2.05) is 23.9 Å². The number of hydrogen-bond acceptors (Lipinski definition) is 7. The van der Waals surface area contributed by atoms with E-state index in [0.29, 0.717) is 18.7 Å². The topological polar surface area (TPSA) is 103 Å². The van der Waals surface area contributed by atoms with Gasteiger partial charge in [0.05, 0.1) is 17.3 Å². The zero-order chi connectivity index (χ0) is 27.0. The molecule has 11 heteroatoms. The second kappa shape index (κ2) is 10.3. The van der Waals surface area contributed by atoms with Crippen LogP contribution in [0.4, 0.5) is 18.9 Å². The number of aryl methyl sites for hydroxylation is 1. The van der Waals surface area contributed by atoms with Gasteiger partial charge in [0, 0.05) is 55.4 Å². The number of halogens is 3. The number of nitrogens with zero attached hydrogens (tertiary/aromatic N) is 6. The highest BCUT2D eigenvalue weighted by atomic mass is 19.1. The van der Waals surface area contributed by atoms with Gasteiger partial charge in [-0.05, 0) is 43.2 Å². The van der Waals surface area contributed by atoms with E-state index in [9.17, 15) is 18.0 Å². The van der Waals surface area contributed by atoms with Crippen LogP contribution in [0.25, 0.3) is 11.3 Å². The Labute approximate surface area is 217 Å². The number of carbonyl (C=O) groups is 1. The minimum atomic E-state index is -0.967. The Balaban J connectivity index is 1.39. The second-order valence-corrected chi connectivity index (χ2v) is 9.60. The number of aromatic nitrogens is 5. The van der Waals surface area contributed by atoms with Crippen molar-refractivity contribution in [1.82, 2.24) is 25.0 Å². The van der Waals surface area contributed by atoms with Gasteiger partial charge >= 0.3 is 0 Å². The summed E-state index contributed by atoms with van der Waals surface area (Å²) in [5.74, 6) is -3.17. The van der Waals surface area contributed by atoms with Crippen molar-refractivity contribution < 1.29 is 18.0 Å². The van der Waals surface area contributed by atoms with Crippen molar-refractivity contribution in [3.8, 4) is 11.3 Å². The lowest BCUT2D eigenvalue weighted by molar-refractivity contribution is 0.0988. The zero-order valence-electron chi connectivity index (χ0n) is 20.9. The summed E-state index contributed by atoms with van der Waals surface area (Å²) in [5.41, 5.74) is 7.55. The summed E-state index contributed by atoms with van der Waals surface area (Å²) in [4.78, 5) is 23.5. The Morgan fingerprint density at radius 3 is 2.53 bits per heavy atom. The van der Waals surface area contributed by atoms with Gasteiger partial charge in [-0.3, -0.25) is 9.78 Å². The van der Waals surface area contributed by atoms with Crippen LogP contribution in [0.1, 0.15) is 34.7 Å². The fourth-order valence-corrected chi connectivity index (χ4v) is 5.10. The van der Waals surface area contributed by atoms with E-state index in [1.54, 1.807) is 12.4 Å². The van der Waals surface area contributed by atoms with Crippen LogP contribution in [-0.2, 0) is 6.42 Å². The van der Waals surface area contributed by atoms with E-state index in [2.05, 4.69) is 32.1 Å². The average molecular weight is 522 g/mol. The summed E-state index contributed by atoms with van der Waals surface area (Å²) in [6, 6.07) is 6.94. The van der Waals surface area contributed by atoms with Gasteiger partial charge in [0.1, 0.15) is 28.8 Å². The Bertz CT molecular complexity index is 1460. The fourth-order valence-electron chi connectivity index (χ4n) is 5.10. The predicted molar refractivity (Wildman–Crippen MR) is 135 cm³/mol. The van der Waals surface area contributed by atoms with E-state index >= 15 is 0 Å². The van der Waals surface area contributed by atoms with Gasteiger partial charge in [-0.25, -0.2) is 22.8 Å². The number of rotatable bonds is 6. The second-order valence-electron chi connectivity index (χ2n) is 9.60. The van der Waals surface area contributed by atoms with Crippen LogP contribution in [0.3, 0.4) is 0 Å². The lowest BCUT2D eigenvalue weighted by Gasteiger charge is -2.42. The first kappa shape index (κ1) is 25.5. The first-order valence-electron chi connectivity index (χ1n) is 12.2.